The maximum atomic E-state index is 13.1. The second-order valence-corrected chi connectivity index (χ2v) is 4.86. The van der Waals surface area contributed by atoms with Gasteiger partial charge in [0.05, 0.1) is 0 Å². The zero-order valence-electron chi connectivity index (χ0n) is 11.2. The lowest BCUT2D eigenvalue weighted by atomic mass is 10.0. The summed E-state index contributed by atoms with van der Waals surface area (Å²) in [5, 5.41) is 0. The minimum absolute atomic E-state index is 0.268. The Bertz CT molecular complexity index is 549. The Morgan fingerprint density at radius 3 is 2.42 bits per heavy atom. The van der Waals surface area contributed by atoms with E-state index >= 15 is 0 Å². The first kappa shape index (κ1) is 13.4. The van der Waals surface area contributed by atoms with Gasteiger partial charge in [-0.1, -0.05) is 26.0 Å². The van der Waals surface area contributed by atoms with Crippen molar-refractivity contribution in [3.63, 3.8) is 0 Å². The fourth-order valence-electron chi connectivity index (χ4n) is 1.81. The quantitative estimate of drug-likeness (QED) is 0.839. The highest BCUT2D eigenvalue weighted by atomic mass is 19.1. The molecule has 0 unspecified atom stereocenters. The van der Waals surface area contributed by atoms with Crippen LogP contribution in [-0.4, -0.2) is 0 Å². The van der Waals surface area contributed by atoms with Crippen molar-refractivity contribution in [2.24, 2.45) is 0 Å². The number of hydrogen-bond donors (Lipinski definition) is 1. The molecule has 0 spiro atoms. The Labute approximate surface area is 113 Å². The lowest BCUT2D eigenvalue weighted by Gasteiger charge is -2.10. The molecule has 0 aliphatic heterocycles. The maximum Gasteiger partial charge on any atom is 0.123 e. The monoisotopic (exact) mass is 259 g/mol. The average molecular weight is 259 g/mol. The molecule has 19 heavy (non-hydrogen) atoms. The van der Waals surface area contributed by atoms with Gasteiger partial charge in [0.25, 0.3) is 0 Å². The standard InChI is InChI=1S/C16H18FNO/c1-11(2)12-3-6-15(7-4-12)19-10-13-9-14(17)5-8-16(13)18/h3-9,11H,10,18H2,1-2H3. The van der Waals surface area contributed by atoms with E-state index < -0.39 is 0 Å². The number of anilines is 1. The maximum absolute atomic E-state index is 13.1. The number of ether oxygens (including phenoxy) is 1. The zero-order valence-corrected chi connectivity index (χ0v) is 11.2. The van der Waals surface area contributed by atoms with Gasteiger partial charge < -0.3 is 10.5 Å². The van der Waals surface area contributed by atoms with Crippen molar-refractivity contribution in [2.45, 2.75) is 26.4 Å². The fraction of sp³-hybridized carbons (Fsp3) is 0.250. The van der Waals surface area contributed by atoms with E-state index in [2.05, 4.69) is 13.8 Å². The fourth-order valence-corrected chi connectivity index (χ4v) is 1.81. The molecular weight excluding hydrogens is 241 g/mol. The van der Waals surface area contributed by atoms with Crippen LogP contribution in [0.15, 0.2) is 42.5 Å². The van der Waals surface area contributed by atoms with E-state index in [-0.39, 0.29) is 12.4 Å². The van der Waals surface area contributed by atoms with E-state index in [4.69, 9.17) is 10.5 Å². The van der Waals surface area contributed by atoms with E-state index in [1.807, 2.05) is 24.3 Å². The highest BCUT2D eigenvalue weighted by Crippen LogP contribution is 2.21. The second-order valence-electron chi connectivity index (χ2n) is 4.86. The summed E-state index contributed by atoms with van der Waals surface area (Å²) in [5.41, 5.74) is 8.23. The molecule has 3 heteroatoms. The average Bonchev–Trinajstić information content (AvgIpc) is 2.40. The van der Waals surface area contributed by atoms with Crippen molar-refractivity contribution in [1.82, 2.24) is 0 Å². The molecule has 0 radical (unpaired) electrons. The Morgan fingerprint density at radius 2 is 1.79 bits per heavy atom. The number of benzene rings is 2. The van der Waals surface area contributed by atoms with Gasteiger partial charge >= 0.3 is 0 Å². The van der Waals surface area contributed by atoms with Crippen LogP contribution >= 0.6 is 0 Å². The molecule has 2 nitrogen and oxygen atoms in total. The van der Waals surface area contributed by atoms with Gasteiger partial charge in [0, 0.05) is 11.3 Å². The van der Waals surface area contributed by atoms with Crippen LogP contribution in [0.5, 0.6) is 5.75 Å². The van der Waals surface area contributed by atoms with Crippen LogP contribution in [0.2, 0.25) is 0 Å². The summed E-state index contributed by atoms with van der Waals surface area (Å²) in [6, 6.07) is 12.2. The molecule has 0 saturated carbocycles. The zero-order chi connectivity index (χ0) is 13.8. The molecule has 0 atom stereocenters. The van der Waals surface area contributed by atoms with Crippen LogP contribution in [0, 0.1) is 5.82 Å². The predicted molar refractivity (Wildman–Crippen MR) is 75.7 cm³/mol. The largest absolute Gasteiger partial charge is 0.489 e. The van der Waals surface area contributed by atoms with Crippen molar-refractivity contribution in [3.05, 3.63) is 59.4 Å². The lowest BCUT2D eigenvalue weighted by molar-refractivity contribution is 0.306. The number of hydrogen-bond acceptors (Lipinski definition) is 2. The molecule has 0 aromatic heterocycles. The minimum atomic E-state index is -0.303. The highest BCUT2D eigenvalue weighted by Gasteiger charge is 2.03. The highest BCUT2D eigenvalue weighted by molar-refractivity contribution is 5.46. The van der Waals surface area contributed by atoms with Gasteiger partial charge in [0.2, 0.25) is 0 Å². The van der Waals surface area contributed by atoms with E-state index in [1.165, 1.54) is 17.7 Å². The van der Waals surface area contributed by atoms with Crippen LogP contribution in [0.4, 0.5) is 10.1 Å². The molecule has 2 aromatic rings. The van der Waals surface area contributed by atoms with E-state index in [9.17, 15) is 4.39 Å². The molecule has 2 N–H and O–H groups in total. The second kappa shape index (κ2) is 5.74. The van der Waals surface area contributed by atoms with Crippen molar-refractivity contribution >= 4 is 5.69 Å². The van der Waals surface area contributed by atoms with Crippen molar-refractivity contribution in [1.29, 1.82) is 0 Å². The van der Waals surface area contributed by atoms with E-state index in [0.29, 0.717) is 17.2 Å². The summed E-state index contributed by atoms with van der Waals surface area (Å²) in [7, 11) is 0. The van der Waals surface area contributed by atoms with Crippen LogP contribution in [-0.2, 0) is 6.61 Å². The number of nitrogens with two attached hydrogens (primary N) is 1. The molecule has 0 aliphatic rings. The van der Waals surface area contributed by atoms with E-state index in [0.717, 1.165) is 5.75 Å². The SMILES string of the molecule is CC(C)c1ccc(OCc2cc(F)ccc2N)cc1. The molecule has 0 amide bonds. The van der Waals surface area contributed by atoms with Crippen LogP contribution in [0.1, 0.15) is 30.9 Å². The third-order valence-corrected chi connectivity index (χ3v) is 3.05. The van der Waals surface area contributed by atoms with Gasteiger partial charge in [-0.2, -0.15) is 0 Å². The van der Waals surface area contributed by atoms with E-state index in [1.54, 1.807) is 6.07 Å². The van der Waals surface area contributed by atoms with Gasteiger partial charge in [-0.3, -0.25) is 0 Å². The molecule has 0 heterocycles. The number of nitrogen functional groups attached to an aromatic ring is 1. The predicted octanol–water partition coefficient (Wildman–Crippen LogP) is 4.11. The molecule has 0 aliphatic carbocycles. The summed E-state index contributed by atoms with van der Waals surface area (Å²) < 4.78 is 18.7. The van der Waals surface area contributed by atoms with Crippen LogP contribution in [0.25, 0.3) is 0 Å². The van der Waals surface area contributed by atoms with Crippen molar-refractivity contribution in [3.8, 4) is 5.75 Å². The Balaban J connectivity index is 2.04. The Hall–Kier alpha value is -2.03. The molecular formula is C16H18FNO. The lowest BCUT2D eigenvalue weighted by Crippen LogP contribution is -2.01. The summed E-state index contributed by atoms with van der Waals surface area (Å²) >= 11 is 0. The Morgan fingerprint density at radius 1 is 1.11 bits per heavy atom. The summed E-state index contributed by atoms with van der Waals surface area (Å²) in [4.78, 5) is 0. The molecule has 2 rings (SSSR count). The van der Waals surface area contributed by atoms with Crippen LogP contribution < -0.4 is 10.5 Å². The molecule has 0 saturated heterocycles. The number of halogens is 1. The van der Waals surface area contributed by atoms with Gasteiger partial charge in [-0.15, -0.1) is 0 Å². The first-order valence-electron chi connectivity index (χ1n) is 6.33. The molecule has 0 bridgehead atoms. The number of rotatable bonds is 4. The van der Waals surface area contributed by atoms with Gasteiger partial charge in [-0.25, -0.2) is 4.39 Å². The van der Waals surface area contributed by atoms with Gasteiger partial charge in [0.1, 0.15) is 18.2 Å². The third-order valence-electron chi connectivity index (χ3n) is 3.05. The van der Waals surface area contributed by atoms with Crippen molar-refractivity contribution < 1.29 is 9.13 Å². The van der Waals surface area contributed by atoms with Crippen LogP contribution in [0.3, 0.4) is 0 Å². The Kier molecular flexibility index (Phi) is 4.05. The van der Waals surface area contributed by atoms with Crippen molar-refractivity contribution in [2.75, 3.05) is 5.73 Å². The third kappa shape index (κ3) is 3.47. The first-order valence-corrected chi connectivity index (χ1v) is 6.33. The smallest absolute Gasteiger partial charge is 0.123 e. The first-order chi connectivity index (χ1) is 9.06. The molecule has 0 fully saturated rings. The van der Waals surface area contributed by atoms with Gasteiger partial charge in [-0.05, 0) is 41.8 Å². The summed E-state index contributed by atoms with van der Waals surface area (Å²) in [6.07, 6.45) is 0. The molecule has 2 aromatic carbocycles. The minimum Gasteiger partial charge on any atom is -0.489 e. The molecule has 100 valence electrons. The van der Waals surface area contributed by atoms with Gasteiger partial charge in [0.15, 0.2) is 0 Å². The summed E-state index contributed by atoms with van der Waals surface area (Å²) in [6.45, 7) is 4.55. The normalized spacial score (nSPS) is 10.7. The summed E-state index contributed by atoms with van der Waals surface area (Å²) in [5.74, 6) is 0.948. The topological polar surface area (TPSA) is 35.2 Å².